The first-order chi connectivity index (χ1) is 7.86. The molecule has 0 aliphatic heterocycles. The maximum Gasteiger partial charge on any atom is 0.133 e. The molecule has 0 aromatic heterocycles. The summed E-state index contributed by atoms with van der Waals surface area (Å²) in [7, 11) is 1.67. The summed E-state index contributed by atoms with van der Waals surface area (Å²) in [5, 5.41) is 0. The molecule has 0 saturated heterocycles. The largest absolute Gasteiger partial charge is 0.496 e. The molecule has 0 saturated carbocycles. The van der Waals surface area contributed by atoms with Crippen molar-refractivity contribution < 1.29 is 9.47 Å². The number of halogens is 1. The Bertz CT molecular complexity index is 372. The second-order valence-corrected chi connectivity index (χ2v) is 5.87. The summed E-state index contributed by atoms with van der Waals surface area (Å²) in [6.07, 6.45) is 0. The number of hydrogen-bond acceptors (Lipinski definition) is 2. The first-order valence-corrected chi connectivity index (χ1v) is 6.62. The van der Waals surface area contributed by atoms with Crippen molar-refractivity contribution in [3.63, 3.8) is 0 Å². The van der Waals surface area contributed by atoms with Crippen molar-refractivity contribution in [3.05, 3.63) is 28.2 Å². The lowest BCUT2D eigenvalue weighted by Crippen LogP contribution is -2.30. The van der Waals surface area contributed by atoms with Gasteiger partial charge in [0.15, 0.2) is 0 Å². The number of benzene rings is 1. The third-order valence-electron chi connectivity index (χ3n) is 3.22. The highest BCUT2D eigenvalue weighted by molar-refractivity contribution is 9.10. The molecule has 0 spiro atoms. The quantitative estimate of drug-likeness (QED) is 0.802. The van der Waals surface area contributed by atoms with E-state index in [9.17, 15) is 0 Å². The van der Waals surface area contributed by atoms with Crippen LogP contribution in [-0.4, -0.2) is 12.7 Å². The van der Waals surface area contributed by atoms with Gasteiger partial charge in [0, 0.05) is 0 Å². The van der Waals surface area contributed by atoms with Crippen molar-refractivity contribution in [2.75, 3.05) is 7.11 Å². The van der Waals surface area contributed by atoms with Gasteiger partial charge >= 0.3 is 0 Å². The minimum absolute atomic E-state index is 0.111. The van der Waals surface area contributed by atoms with Gasteiger partial charge in [-0.2, -0.15) is 0 Å². The van der Waals surface area contributed by atoms with E-state index in [4.69, 9.17) is 9.47 Å². The predicted octanol–water partition coefficient (Wildman–Crippen LogP) is 4.41. The smallest absolute Gasteiger partial charge is 0.133 e. The van der Waals surface area contributed by atoms with E-state index in [1.54, 1.807) is 7.11 Å². The highest BCUT2D eigenvalue weighted by Crippen LogP contribution is 2.27. The minimum atomic E-state index is -0.111. The molecule has 0 bridgehead atoms. The second kappa shape index (κ2) is 5.87. The third kappa shape index (κ3) is 4.00. The lowest BCUT2D eigenvalue weighted by Gasteiger charge is -2.29. The van der Waals surface area contributed by atoms with Crippen LogP contribution >= 0.6 is 15.9 Å². The molecule has 1 aromatic carbocycles. The molecule has 0 N–H and O–H groups in total. The van der Waals surface area contributed by atoms with E-state index in [-0.39, 0.29) is 5.60 Å². The number of hydrogen-bond donors (Lipinski definition) is 0. The van der Waals surface area contributed by atoms with Crippen molar-refractivity contribution in [2.45, 2.75) is 39.9 Å². The molecule has 0 radical (unpaired) electrons. The molecule has 1 rings (SSSR count). The summed E-state index contributed by atoms with van der Waals surface area (Å²) in [5.74, 6) is 1.33. The molecule has 0 aliphatic rings. The number of ether oxygens (including phenoxy) is 2. The summed E-state index contributed by atoms with van der Waals surface area (Å²) >= 11 is 3.44. The fourth-order valence-corrected chi connectivity index (χ4v) is 1.64. The third-order valence-corrected chi connectivity index (χ3v) is 3.87. The van der Waals surface area contributed by atoms with Crippen LogP contribution in [0.4, 0.5) is 0 Å². The molecule has 2 nitrogen and oxygen atoms in total. The van der Waals surface area contributed by atoms with Gasteiger partial charge in [0.1, 0.15) is 5.75 Å². The molecule has 0 unspecified atom stereocenters. The summed E-state index contributed by atoms with van der Waals surface area (Å²) in [6.45, 7) is 9.18. The SMILES string of the molecule is COc1cc(COC(C)(C)C(C)C)ccc1Br. The Labute approximate surface area is 112 Å². The molecule has 0 fully saturated rings. The van der Waals surface area contributed by atoms with Gasteiger partial charge in [-0.25, -0.2) is 0 Å². The number of methoxy groups -OCH3 is 1. The molecule has 0 aliphatic carbocycles. The Kier molecular flexibility index (Phi) is 5.02. The normalized spacial score (nSPS) is 11.9. The van der Waals surface area contributed by atoms with Crippen LogP contribution in [0.25, 0.3) is 0 Å². The van der Waals surface area contributed by atoms with Gasteiger partial charge in [-0.3, -0.25) is 0 Å². The lowest BCUT2D eigenvalue weighted by atomic mass is 9.94. The van der Waals surface area contributed by atoms with Crippen LogP contribution in [0, 0.1) is 5.92 Å². The minimum Gasteiger partial charge on any atom is -0.496 e. The van der Waals surface area contributed by atoms with Gasteiger partial charge in [0.2, 0.25) is 0 Å². The summed E-state index contributed by atoms with van der Waals surface area (Å²) in [6, 6.07) is 6.03. The first kappa shape index (κ1) is 14.5. The molecular formula is C14H21BrO2. The van der Waals surface area contributed by atoms with Gasteiger partial charge < -0.3 is 9.47 Å². The van der Waals surface area contributed by atoms with Crippen LogP contribution in [0.2, 0.25) is 0 Å². The van der Waals surface area contributed by atoms with Gasteiger partial charge in [0.05, 0.1) is 23.8 Å². The van der Waals surface area contributed by atoms with Crippen LogP contribution in [0.15, 0.2) is 22.7 Å². The zero-order chi connectivity index (χ0) is 13.1. The monoisotopic (exact) mass is 300 g/mol. The zero-order valence-electron chi connectivity index (χ0n) is 11.2. The van der Waals surface area contributed by atoms with E-state index in [2.05, 4.69) is 43.6 Å². The summed E-state index contributed by atoms with van der Waals surface area (Å²) < 4.78 is 12.2. The fraction of sp³-hybridized carbons (Fsp3) is 0.571. The van der Waals surface area contributed by atoms with Gasteiger partial charge in [0.25, 0.3) is 0 Å². The van der Waals surface area contributed by atoms with E-state index < -0.39 is 0 Å². The highest BCUT2D eigenvalue weighted by atomic mass is 79.9. The van der Waals surface area contributed by atoms with Gasteiger partial charge in [-0.1, -0.05) is 19.9 Å². The zero-order valence-corrected chi connectivity index (χ0v) is 12.8. The average molecular weight is 301 g/mol. The van der Waals surface area contributed by atoms with Crippen molar-refractivity contribution >= 4 is 15.9 Å². The highest BCUT2D eigenvalue weighted by Gasteiger charge is 2.22. The van der Waals surface area contributed by atoms with Crippen LogP contribution in [0.5, 0.6) is 5.75 Å². The molecule has 0 heterocycles. The Morgan fingerprint density at radius 3 is 2.47 bits per heavy atom. The molecule has 0 atom stereocenters. The van der Waals surface area contributed by atoms with Crippen molar-refractivity contribution in [1.29, 1.82) is 0 Å². The molecule has 0 amide bonds. The van der Waals surface area contributed by atoms with Crippen LogP contribution in [0.1, 0.15) is 33.3 Å². The molecule has 17 heavy (non-hydrogen) atoms. The van der Waals surface area contributed by atoms with Crippen molar-refractivity contribution in [3.8, 4) is 5.75 Å². The Hall–Kier alpha value is -0.540. The van der Waals surface area contributed by atoms with E-state index >= 15 is 0 Å². The fourth-order valence-electron chi connectivity index (χ4n) is 1.23. The standard InChI is InChI=1S/C14H21BrO2/c1-10(2)14(3,4)17-9-11-6-7-12(15)13(8-11)16-5/h6-8,10H,9H2,1-5H3. The maximum absolute atomic E-state index is 5.95. The van der Waals surface area contributed by atoms with E-state index in [1.165, 1.54) is 0 Å². The van der Waals surface area contributed by atoms with Crippen LogP contribution in [0.3, 0.4) is 0 Å². The molecule has 1 aromatic rings. The van der Waals surface area contributed by atoms with Gasteiger partial charge in [-0.05, 0) is 53.4 Å². The van der Waals surface area contributed by atoms with E-state index in [0.717, 1.165) is 15.8 Å². The Balaban J connectivity index is 2.70. The van der Waals surface area contributed by atoms with Gasteiger partial charge in [-0.15, -0.1) is 0 Å². The maximum atomic E-state index is 5.95. The van der Waals surface area contributed by atoms with Crippen LogP contribution in [-0.2, 0) is 11.3 Å². The van der Waals surface area contributed by atoms with Crippen LogP contribution < -0.4 is 4.74 Å². The molecule has 3 heteroatoms. The van der Waals surface area contributed by atoms with E-state index in [1.807, 2.05) is 18.2 Å². The first-order valence-electron chi connectivity index (χ1n) is 5.83. The lowest BCUT2D eigenvalue weighted by molar-refractivity contribution is -0.0610. The van der Waals surface area contributed by atoms with E-state index in [0.29, 0.717) is 12.5 Å². The topological polar surface area (TPSA) is 18.5 Å². The van der Waals surface area contributed by atoms with Crippen molar-refractivity contribution in [1.82, 2.24) is 0 Å². The predicted molar refractivity (Wildman–Crippen MR) is 74.4 cm³/mol. The second-order valence-electron chi connectivity index (χ2n) is 5.02. The summed E-state index contributed by atoms with van der Waals surface area (Å²) in [4.78, 5) is 0. The Morgan fingerprint density at radius 2 is 1.94 bits per heavy atom. The Morgan fingerprint density at radius 1 is 1.29 bits per heavy atom. The molecular weight excluding hydrogens is 280 g/mol. The number of rotatable bonds is 5. The molecule has 96 valence electrons. The average Bonchev–Trinajstić information content (AvgIpc) is 2.28. The van der Waals surface area contributed by atoms with Crippen molar-refractivity contribution in [2.24, 2.45) is 5.92 Å². The summed E-state index contributed by atoms with van der Waals surface area (Å²) in [5.41, 5.74) is 1.01.